The first-order valence-corrected chi connectivity index (χ1v) is 7.28. The lowest BCUT2D eigenvalue weighted by Crippen LogP contribution is -2.57. The van der Waals surface area contributed by atoms with Gasteiger partial charge in [-0.15, -0.1) is 0 Å². The van der Waals surface area contributed by atoms with Crippen LogP contribution < -0.4 is 0 Å². The molecule has 162 valence electrons. The van der Waals surface area contributed by atoms with Crippen LogP contribution in [0.2, 0.25) is 0 Å². The Labute approximate surface area is 151 Å². The molecule has 0 aliphatic carbocycles. The minimum atomic E-state index is -6.23. The van der Waals surface area contributed by atoms with Crippen LogP contribution in [0.3, 0.4) is 0 Å². The van der Waals surface area contributed by atoms with E-state index in [4.69, 9.17) is 0 Å². The molecule has 5 nitrogen and oxygen atoms in total. The summed E-state index contributed by atoms with van der Waals surface area (Å²) in [6.45, 7) is 5.23. The van der Waals surface area contributed by atoms with Gasteiger partial charge in [-0.05, 0) is 6.92 Å². The van der Waals surface area contributed by atoms with Crippen LogP contribution in [0, 0.1) is 5.92 Å². The first-order chi connectivity index (χ1) is 12.3. The van der Waals surface area contributed by atoms with Crippen LogP contribution in [-0.2, 0) is 23.8 Å². The Morgan fingerprint density at radius 3 is 1.89 bits per heavy atom. The average molecular weight is 432 g/mol. The number of hydrogen-bond acceptors (Lipinski definition) is 5. The number of hydrogen-bond donors (Lipinski definition) is 0. The molecule has 0 radical (unpaired) electrons. The molecule has 0 amide bonds. The molecule has 1 aliphatic heterocycles. The lowest BCUT2D eigenvalue weighted by atomic mass is 9.94. The minimum absolute atomic E-state index is 0.280. The molecule has 3 atom stereocenters. The number of halogens is 9. The van der Waals surface area contributed by atoms with E-state index in [1.165, 1.54) is 0 Å². The first kappa shape index (κ1) is 24.0. The van der Waals surface area contributed by atoms with Gasteiger partial charge >= 0.3 is 30.5 Å². The highest BCUT2D eigenvalue weighted by Crippen LogP contribution is 2.48. The lowest BCUT2D eigenvalue weighted by molar-refractivity contribution is -0.331. The number of carbonyl (C=O) groups is 2. The van der Waals surface area contributed by atoms with Crippen LogP contribution in [0.5, 0.6) is 0 Å². The van der Waals surface area contributed by atoms with Crippen LogP contribution in [-0.4, -0.2) is 48.5 Å². The highest BCUT2D eigenvalue weighted by atomic mass is 19.4. The summed E-state index contributed by atoms with van der Waals surface area (Å²) in [5.41, 5.74) is -4.47. The van der Waals surface area contributed by atoms with Gasteiger partial charge in [0.2, 0.25) is 6.29 Å². The molecular weight excluding hydrogens is 419 g/mol. The van der Waals surface area contributed by atoms with Crippen LogP contribution >= 0.6 is 0 Å². The van der Waals surface area contributed by atoms with Crippen molar-refractivity contribution in [1.29, 1.82) is 0 Å². The normalized spacial score (nSPS) is 26.3. The molecule has 3 unspecified atom stereocenters. The number of ether oxygens (including phenoxy) is 3. The summed E-state index contributed by atoms with van der Waals surface area (Å²) in [5.74, 6) is -5.63. The van der Waals surface area contributed by atoms with Crippen molar-refractivity contribution in [3.05, 3.63) is 12.2 Å². The predicted molar refractivity (Wildman–Crippen MR) is 70.3 cm³/mol. The molecule has 1 aliphatic rings. The summed E-state index contributed by atoms with van der Waals surface area (Å²) in [6.07, 6.45) is -26.6. The molecule has 0 N–H and O–H groups in total. The standard InChI is InChI=1S/C14H13F9O5/c1-5(2)7(24)26-8-6(3)4-11(28-8,14(21,22)23)10(25)27-9(12(15,16)17)13(18,19)20/h6,8-9H,1,4H2,2-3H3. The minimum Gasteiger partial charge on any atom is -0.440 e. The molecule has 0 aromatic rings. The third kappa shape index (κ3) is 4.89. The topological polar surface area (TPSA) is 61.8 Å². The summed E-state index contributed by atoms with van der Waals surface area (Å²) in [6, 6.07) is 0. The zero-order chi connectivity index (χ0) is 22.3. The van der Waals surface area contributed by atoms with Gasteiger partial charge in [0.15, 0.2) is 0 Å². The largest absolute Gasteiger partial charge is 0.440 e. The Morgan fingerprint density at radius 2 is 1.54 bits per heavy atom. The summed E-state index contributed by atoms with van der Waals surface area (Å²) in [5, 5.41) is 0. The second-order valence-electron chi connectivity index (χ2n) is 6.05. The van der Waals surface area contributed by atoms with E-state index >= 15 is 0 Å². The second kappa shape index (κ2) is 7.44. The van der Waals surface area contributed by atoms with Gasteiger partial charge in [0.25, 0.3) is 11.7 Å². The molecule has 0 aromatic heterocycles. The SMILES string of the molecule is C=C(C)C(=O)OC1OC(C(=O)OC(C(F)(F)F)C(F)(F)F)(C(F)(F)F)CC1C. The van der Waals surface area contributed by atoms with Crippen LogP contribution in [0.1, 0.15) is 20.3 Å². The summed E-state index contributed by atoms with van der Waals surface area (Å²) >= 11 is 0. The van der Waals surface area contributed by atoms with E-state index in [-0.39, 0.29) is 5.57 Å². The maximum absolute atomic E-state index is 13.4. The van der Waals surface area contributed by atoms with E-state index in [1.54, 1.807) is 0 Å². The van der Waals surface area contributed by atoms with Crippen LogP contribution in [0.25, 0.3) is 0 Å². The van der Waals surface area contributed by atoms with Gasteiger partial charge in [-0.2, -0.15) is 39.5 Å². The van der Waals surface area contributed by atoms with E-state index in [9.17, 15) is 49.1 Å². The Hall–Kier alpha value is -1.99. The zero-order valence-corrected chi connectivity index (χ0v) is 14.1. The molecule has 28 heavy (non-hydrogen) atoms. The fourth-order valence-electron chi connectivity index (χ4n) is 2.21. The molecule has 0 spiro atoms. The predicted octanol–water partition coefficient (Wildman–Crippen LogP) is 3.83. The van der Waals surface area contributed by atoms with Crippen molar-refractivity contribution in [2.75, 3.05) is 0 Å². The van der Waals surface area contributed by atoms with E-state index < -0.39 is 60.8 Å². The van der Waals surface area contributed by atoms with Crippen molar-refractivity contribution in [2.45, 2.75) is 56.8 Å². The molecule has 1 fully saturated rings. The highest BCUT2D eigenvalue weighted by molar-refractivity contribution is 5.87. The monoisotopic (exact) mass is 432 g/mol. The van der Waals surface area contributed by atoms with Crippen molar-refractivity contribution in [3.8, 4) is 0 Å². The molecule has 0 saturated carbocycles. The lowest BCUT2D eigenvalue weighted by Gasteiger charge is -2.31. The maximum atomic E-state index is 13.4. The second-order valence-corrected chi connectivity index (χ2v) is 6.05. The van der Waals surface area contributed by atoms with Gasteiger partial charge in [0.1, 0.15) is 0 Å². The fraction of sp³-hybridized carbons (Fsp3) is 0.714. The third-order valence-electron chi connectivity index (χ3n) is 3.57. The number of esters is 2. The van der Waals surface area contributed by atoms with Gasteiger partial charge < -0.3 is 14.2 Å². The van der Waals surface area contributed by atoms with E-state index in [1.807, 2.05) is 0 Å². The molecule has 0 aromatic carbocycles. The average Bonchev–Trinajstić information content (AvgIpc) is 2.79. The number of rotatable bonds is 4. The molecule has 14 heteroatoms. The van der Waals surface area contributed by atoms with Crippen LogP contribution in [0.15, 0.2) is 12.2 Å². The highest BCUT2D eigenvalue weighted by Gasteiger charge is 2.71. The molecule has 1 rings (SSSR count). The van der Waals surface area contributed by atoms with Crippen molar-refractivity contribution >= 4 is 11.9 Å². The third-order valence-corrected chi connectivity index (χ3v) is 3.57. The van der Waals surface area contributed by atoms with Gasteiger partial charge in [-0.25, -0.2) is 9.59 Å². The van der Waals surface area contributed by atoms with E-state index in [0.29, 0.717) is 0 Å². The van der Waals surface area contributed by atoms with Gasteiger partial charge in [-0.1, -0.05) is 13.5 Å². The molecule has 1 heterocycles. The van der Waals surface area contributed by atoms with Gasteiger partial charge in [0, 0.05) is 17.9 Å². The first-order valence-electron chi connectivity index (χ1n) is 7.28. The van der Waals surface area contributed by atoms with E-state index in [0.717, 1.165) is 13.8 Å². The van der Waals surface area contributed by atoms with Crippen LogP contribution in [0.4, 0.5) is 39.5 Å². The fourth-order valence-corrected chi connectivity index (χ4v) is 2.21. The molecular formula is C14H13F9O5. The number of carbonyl (C=O) groups excluding carboxylic acids is 2. The quantitative estimate of drug-likeness (QED) is 0.384. The zero-order valence-electron chi connectivity index (χ0n) is 14.1. The maximum Gasteiger partial charge on any atom is 0.434 e. The van der Waals surface area contributed by atoms with Gasteiger partial charge in [-0.3, -0.25) is 0 Å². The van der Waals surface area contributed by atoms with Crippen molar-refractivity contribution < 1.29 is 63.3 Å². The Bertz CT molecular complexity index is 623. The Kier molecular flexibility index (Phi) is 6.39. The van der Waals surface area contributed by atoms with E-state index in [2.05, 4.69) is 20.8 Å². The summed E-state index contributed by atoms with van der Waals surface area (Å²) < 4.78 is 127. The Balaban J connectivity index is 3.24. The molecule has 1 saturated heterocycles. The molecule has 0 bridgehead atoms. The number of alkyl halides is 9. The summed E-state index contributed by atoms with van der Waals surface area (Å²) in [7, 11) is 0. The van der Waals surface area contributed by atoms with Gasteiger partial charge in [0.05, 0.1) is 0 Å². The van der Waals surface area contributed by atoms with Crippen molar-refractivity contribution in [2.24, 2.45) is 5.92 Å². The van der Waals surface area contributed by atoms with Crippen molar-refractivity contribution in [1.82, 2.24) is 0 Å². The Morgan fingerprint density at radius 1 is 1.07 bits per heavy atom. The smallest absolute Gasteiger partial charge is 0.434 e. The van der Waals surface area contributed by atoms with Crippen molar-refractivity contribution in [3.63, 3.8) is 0 Å². The summed E-state index contributed by atoms with van der Waals surface area (Å²) in [4.78, 5) is 23.2.